The molecule has 0 aliphatic carbocycles. The molecule has 0 saturated carbocycles. The number of carbonyl (C=O) groups excluding carboxylic acids is 1. The quantitative estimate of drug-likeness (QED) is 0.741. The van der Waals surface area contributed by atoms with E-state index in [4.69, 9.17) is 4.79 Å². The third-order valence-electron chi connectivity index (χ3n) is 2.73. The molecule has 1 unspecified atom stereocenters. The van der Waals surface area contributed by atoms with Gasteiger partial charge in [-0.2, -0.15) is 0 Å². The third kappa shape index (κ3) is 3.39. The van der Waals surface area contributed by atoms with E-state index in [2.05, 4.69) is 51.9 Å². The van der Waals surface area contributed by atoms with Crippen molar-refractivity contribution in [3.8, 4) is 0 Å². The summed E-state index contributed by atoms with van der Waals surface area (Å²) in [5, 5.41) is 1.27. The first kappa shape index (κ1) is 16.7. The van der Waals surface area contributed by atoms with E-state index >= 15 is 0 Å². The smallest absolute Gasteiger partial charge is 0.137 e. The molecular weight excluding hydrogens is 337 g/mol. The summed E-state index contributed by atoms with van der Waals surface area (Å²) in [7, 11) is 1.26. The predicted octanol–water partition coefficient (Wildman–Crippen LogP) is 2.71. The van der Waals surface area contributed by atoms with Crippen molar-refractivity contribution in [3.05, 3.63) is 35.3 Å². The van der Waals surface area contributed by atoms with Crippen molar-refractivity contribution in [2.24, 2.45) is 0 Å². The standard InChI is InChI=1S/C11H11N2S.C2H3O2.Y/c1-7-6-14-10-5-3-4-9-12-8(2)11(7)13(9)10;1-4-2-3;/h3-7H,1-2H3;1H3;/q2*-1;. The topological polar surface area (TPSA) is 43.6 Å². The summed E-state index contributed by atoms with van der Waals surface area (Å²) in [6, 6.07) is 6.28. The van der Waals surface area contributed by atoms with Crippen LogP contribution in [0.25, 0.3) is 5.65 Å². The van der Waals surface area contributed by atoms with Crippen molar-refractivity contribution in [1.82, 2.24) is 9.38 Å². The molecule has 4 nitrogen and oxygen atoms in total. The van der Waals surface area contributed by atoms with Crippen molar-refractivity contribution in [2.45, 2.75) is 24.8 Å². The Labute approximate surface area is 142 Å². The maximum atomic E-state index is 8.83. The number of thioether (sulfide) groups is 1. The van der Waals surface area contributed by atoms with E-state index < -0.39 is 0 Å². The third-order valence-corrected chi connectivity index (χ3v) is 3.84. The monoisotopic (exact) mass is 351 g/mol. The van der Waals surface area contributed by atoms with Crippen molar-refractivity contribution in [2.75, 3.05) is 7.11 Å². The maximum Gasteiger partial charge on any atom is 0.137 e. The van der Waals surface area contributed by atoms with E-state index in [1.165, 1.54) is 24.3 Å². The fourth-order valence-corrected chi connectivity index (χ4v) is 2.99. The van der Waals surface area contributed by atoms with Crippen LogP contribution in [0.2, 0.25) is 0 Å². The number of pyridine rings is 1. The summed E-state index contributed by atoms with van der Waals surface area (Å²) in [5.74, 6) is 2.77. The van der Waals surface area contributed by atoms with Gasteiger partial charge < -0.3 is 9.53 Å². The van der Waals surface area contributed by atoms with Gasteiger partial charge in [-0.1, -0.05) is 19.5 Å². The number of nitrogens with zero attached hydrogens (tertiary/aromatic N) is 2. The van der Waals surface area contributed by atoms with Gasteiger partial charge in [0.25, 0.3) is 0 Å². The van der Waals surface area contributed by atoms with Crippen LogP contribution in [0.15, 0.2) is 23.2 Å². The summed E-state index contributed by atoms with van der Waals surface area (Å²) in [6.45, 7) is 5.49. The fourth-order valence-electron chi connectivity index (χ4n) is 2.06. The number of imidazole rings is 1. The second-order valence-electron chi connectivity index (χ2n) is 3.97. The molecule has 1 aliphatic heterocycles. The molecule has 0 N–H and O–H groups in total. The SMILES string of the molecule is CO[C-]=O.Cc1nc2cccc3n2c1C(C)[CH-]S3.[Y]. The van der Waals surface area contributed by atoms with E-state index in [9.17, 15) is 0 Å². The Morgan fingerprint density at radius 3 is 2.84 bits per heavy atom. The van der Waals surface area contributed by atoms with Gasteiger partial charge in [0, 0.05) is 50.5 Å². The van der Waals surface area contributed by atoms with Gasteiger partial charge in [-0.25, -0.2) is 4.98 Å². The Morgan fingerprint density at radius 1 is 1.53 bits per heavy atom. The van der Waals surface area contributed by atoms with Gasteiger partial charge in [-0.05, 0) is 19.1 Å². The van der Waals surface area contributed by atoms with E-state index in [0.717, 1.165) is 11.3 Å². The fraction of sp³-hybridized carbons (Fsp3) is 0.308. The molecule has 0 saturated heterocycles. The second-order valence-corrected chi connectivity index (χ2v) is 4.90. The molecule has 2 aromatic heterocycles. The van der Waals surface area contributed by atoms with Gasteiger partial charge in [0.15, 0.2) is 0 Å². The average molecular weight is 351 g/mol. The van der Waals surface area contributed by atoms with Crippen LogP contribution in [0.1, 0.15) is 24.2 Å². The number of methoxy groups -OCH3 is 1. The van der Waals surface area contributed by atoms with Crippen LogP contribution in [-0.2, 0) is 42.2 Å². The zero-order valence-corrected chi connectivity index (χ0v) is 14.7. The Kier molecular flexibility index (Phi) is 6.50. The summed E-state index contributed by atoms with van der Waals surface area (Å²) in [4.78, 5) is 13.4. The largest absolute Gasteiger partial charge is 0.655 e. The van der Waals surface area contributed by atoms with E-state index in [-0.39, 0.29) is 32.7 Å². The molecule has 6 heteroatoms. The molecule has 1 atom stereocenters. The molecule has 1 aliphatic rings. The average Bonchev–Trinajstić information content (AvgIpc) is 2.73. The van der Waals surface area contributed by atoms with E-state index in [1.807, 2.05) is 0 Å². The molecule has 3 rings (SSSR count). The van der Waals surface area contributed by atoms with Gasteiger partial charge in [-0.3, -0.25) is 21.9 Å². The minimum absolute atomic E-state index is 0. The van der Waals surface area contributed by atoms with Crippen LogP contribution in [0, 0.1) is 12.7 Å². The van der Waals surface area contributed by atoms with Crippen molar-refractivity contribution >= 4 is 23.9 Å². The van der Waals surface area contributed by atoms with Gasteiger partial charge in [0.1, 0.15) is 5.65 Å². The molecule has 2 aromatic rings. The maximum absolute atomic E-state index is 8.83. The van der Waals surface area contributed by atoms with Crippen molar-refractivity contribution in [3.63, 3.8) is 0 Å². The van der Waals surface area contributed by atoms with E-state index in [1.54, 1.807) is 11.8 Å². The number of hydrogen-bond donors (Lipinski definition) is 0. The van der Waals surface area contributed by atoms with Crippen LogP contribution in [-0.4, -0.2) is 23.0 Å². The van der Waals surface area contributed by atoms with Crippen molar-refractivity contribution in [1.29, 1.82) is 0 Å². The minimum atomic E-state index is 0. The van der Waals surface area contributed by atoms with E-state index in [0.29, 0.717) is 5.92 Å². The minimum Gasteiger partial charge on any atom is -0.655 e. The van der Waals surface area contributed by atoms with Gasteiger partial charge in [-0.15, -0.1) is 5.92 Å². The number of ether oxygens (including phenoxy) is 1. The molecule has 0 fully saturated rings. The van der Waals surface area contributed by atoms with Crippen LogP contribution in [0.3, 0.4) is 0 Å². The Bertz CT molecular complexity index is 571. The zero-order chi connectivity index (χ0) is 13.1. The Balaban J connectivity index is 0.000000323. The number of aryl methyl sites for hydroxylation is 1. The molecule has 0 spiro atoms. The van der Waals surface area contributed by atoms with Crippen molar-refractivity contribution < 1.29 is 42.2 Å². The Hall–Kier alpha value is -0.386. The van der Waals surface area contributed by atoms with Crippen LogP contribution < -0.4 is 0 Å². The Morgan fingerprint density at radius 2 is 2.21 bits per heavy atom. The predicted molar refractivity (Wildman–Crippen MR) is 71.2 cm³/mol. The normalized spacial score (nSPS) is 16.1. The molecule has 3 heterocycles. The first-order chi connectivity index (χ1) is 8.69. The van der Waals surface area contributed by atoms with Crippen LogP contribution in [0.4, 0.5) is 0 Å². The van der Waals surface area contributed by atoms with Crippen LogP contribution >= 0.6 is 11.8 Å². The molecular formula is C13H14N2O2SY-2. The van der Waals surface area contributed by atoms with Gasteiger partial charge in [0.2, 0.25) is 0 Å². The number of aromatic nitrogens is 2. The molecule has 0 aromatic carbocycles. The molecule has 99 valence electrons. The zero-order valence-electron chi connectivity index (χ0n) is 11.1. The molecule has 0 bridgehead atoms. The first-order valence-electron chi connectivity index (χ1n) is 5.57. The first-order valence-corrected chi connectivity index (χ1v) is 6.45. The molecule has 0 amide bonds. The summed E-state index contributed by atoms with van der Waals surface area (Å²) < 4.78 is 6.00. The van der Waals surface area contributed by atoms with Crippen LogP contribution in [0.5, 0.6) is 0 Å². The summed E-state index contributed by atoms with van der Waals surface area (Å²) >= 11 is 1.80. The second kappa shape index (κ2) is 7.41. The summed E-state index contributed by atoms with van der Waals surface area (Å²) in [6.07, 6.45) is 0. The van der Waals surface area contributed by atoms with Gasteiger partial charge >= 0.3 is 0 Å². The number of hydrogen-bond acceptors (Lipinski definition) is 4. The number of rotatable bonds is 1. The summed E-state index contributed by atoms with van der Waals surface area (Å²) in [5.41, 5.74) is 3.57. The molecule has 1 radical (unpaired) electrons. The van der Waals surface area contributed by atoms with Gasteiger partial charge in [0.05, 0.1) is 5.69 Å². The molecule has 19 heavy (non-hydrogen) atoms.